The largest absolute Gasteiger partial charge is 0.493 e. The molecule has 0 aliphatic heterocycles. The van der Waals surface area contributed by atoms with Gasteiger partial charge in [0.15, 0.2) is 0 Å². The maximum Gasteiger partial charge on any atom is 0.255 e. The molecule has 0 fully saturated rings. The summed E-state index contributed by atoms with van der Waals surface area (Å²) in [5, 5.41) is 13.5. The minimum Gasteiger partial charge on any atom is -0.493 e. The van der Waals surface area contributed by atoms with E-state index in [9.17, 15) is 18.3 Å². The number of carbonyl (C=O) groups excluding carboxylic acids is 1. The van der Waals surface area contributed by atoms with Gasteiger partial charge in [-0.2, -0.15) is 0 Å². The van der Waals surface area contributed by atoms with Gasteiger partial charge in [0.2, 0.25) is 10.0 Å². The number of sulfonamides is 1. The molecule has 0 heterocycles. The van der Waals surface area contributed by atoms with Crippen molar-refractivity contribution < 1.29 is 27.8 Å². The Morgan fingerprint density at radius 1 is 1.00 bits per heavy atom. The van der Waals surface area contributed by atoms with Crippen LogP contribution in [0.3, 0.4) is 0 Å². The van der Waals surface area contributed by atoms with Gasteiger partial charge in [0, 0.05) is 32.8 Å². The third-order valence-electron chi connectivity index (χ3n) is 6.20. The molecule has 1 amide bonds. The highest BCUT2D eigenvalue weighted by atomic mass is 35.5. The Morgan fingerprint density at radius 2 is 1.63 bits per heavy atom. The van der Waals surface area contributed by atoms with Crippen molar-refractivity contribution in [2.45, 2.75) is 50.2 Å². The fourth-order valence-electron chi connectivity index (χ4n) is 3.76. The van der Waals surface area contributed by atoms with Gasteiger partial charge < -0.3 is 25.6 Å². The Labute approximate surface area is 232 Å². The normalized spacial score (nSPS) is 13.8. The van der Waals surface area contributed by atoms with E-state index in [-0.39, 0.29) is 41.6 Å². The maximum absolute atomic E-state index is 12.9. The summed E-state index contributed by atoms with van der Waals surface area (Å²) in [7, 11) is -2.08. The molecule has 0 bridgehead atoms. The molecular formula is C27H42ClN3O6S. The molecule has 214 valence electrons. The number of amides is 1. The molecule has 2 aromatic rings. The van der Waals surface area contributed by atoms with Gasteiger partial charge >= 0.3 is 0 Å². The quantitative estimate of drug-likeness (QED) is 0.214. The van der Waals surface area contributed by atoms with Crippen LogP contribution in [0.1, 0.15) is 43.5 Å². The molecule has 5 N–H and O–H groups in total. The van der Waals surface area contributed by atoms with E-state index in [0.717, 1.165) is 12.8 Å². The van der Waals surface area contributed by atoms with Crippen LogP contribution in [0.5, 0.6) is 5.75 Å². The first-order valence-electron chi connectivity index (χ1n) is 12.6. The number of ether oxygens (including phenoxy) is 2. The molecule has 0 aliphatic carbocycles. The molecular weight excluding hydrogens is 530 g/mol. The number of unbranched alkanes of at least 4 members (excludes halogenated alkanes) is 1. The van der Waals surface area contributed by atoms with Gasteiger partial charge in [0.25, 0.3) is 5.91 Å². The number of aliphatic hydroxyl groups excluding tert-OH is 1. The smallest absolute Gasteiger partial charge is 0.255 e. The average molecular weight is 572 g/mol. The Bertz CT molecular complexity index is 1060. The number of nitrogens with one attached hydrogen (secondary N) is 2. The summed E-state index contributed by atoms with van der Waals surface area (Å²) in [4.78, 5) is 13.0. The Morgan fingerprint density at radius 3 is 2.29 bits per heavy atom. The summed E-state index contributed by atoms with van der Waals surface area (Å²) in [6, 6.07) is 14.4. The van der Waals surface area contributed by atoms with Crippen molar-refractivity contribution >= 4 is 28.3 Å². The van der Waals surface area contributed by atoms with E-state index in [1.807, 2.05) is 19.9 Å². The molecule has 0 saturated carbocycles. The molecule has 0 aromatic heterocycles. The number of rotatable bonds is 17. The third kappa shape index (κ3) is 11.3. The third-order valence-corrected chi connectivity index (χ3v) is 7.64. The molecule has 3 atom stereocenters. The lowest BCUT2D eigenvalue weighted by molar-refractivity contribution is 0.0928. The summed E-state index contributed by atoms with van der Waals surface area (Å²) < 4.78 is 38.1. The van der Waals surface area contributed by atoms with Gasteiger partial charge in [-0.25, -0.2) is 13.1 Å². The van der Waals surface area contributed by atoms with Crippen molar-refractivity contribution in [1.82, 2.24) is 10.0 Å². The molecule has 11 heteroatoms. The first kappa shape index (κ1) is 33.8. The van der Waals surface area contributed by atoms with Crippen molar-refractivity contribution in [2.75, 3.05) is 33.4 Å². The standard InChI is InChI=1S/C27H41N3O6S.ClH/c1-20(2)21(17-24(28)25(31)19-30-37(33,34)22-11-5-4-6-12-22)18-29-27(32)23-13-7-8-14-26(23)36-16-10-9-15-35-3;/h4-8,11-14,20-21,24-25,30-31H,9-10,15-19,28H2,1-3H3,(H,29,32);1H/t21-,24+,25+;/m1./s1. The summed E-state index contributed by atoms with van der Waals surface area (Å²) in [6.07, 6.45) is 1.02. The Balaban J connectivity index is 0.00000722. The second-order valence-electron chi connectivity index (χ2n) is 9.39. The molecule has 2 aromatic carbocycles. The van der Waals surface area contributed by atoms with Crippen LogP contribution in [-0.2, 0) is 14.8 Å². The van der Waals surface area contributed by atoms with Crippen LogP contribution in [0, 0.1) is 11.8 Å². The fraction of sp³-hybridized carbons (Fsp3) is 0.519. The van der Waals surface area contributed by atoms with Crippen LogP contribution in [-0.4, -0.2) is 65.0 Å². The lowest BCUT2D eigenvalue weighted by atomic mass is 9.87. The van der Waals surface area contributed by atoms with Crippen LogP contribution in [0.15, 0.2) is 59.5 Å². The number of carbonyl (C=O) groups is 1. The van der Waals surface area contributed by atoms with Gasteiger partial charge in [-0.3, -0.25) is 4.79 Å². The SMILES string of the molecule is COCCCCOc1ccccc1C(=O)NC[C@@H](C[C@H](N)[C@@H](O)CNS(=O)(=O)c1ccccc1)C(C)C.Cl. The number of halogens is 1. The molecule has 0 aliphatic rings. The van der Waals surface area contributed by atoms with E-state index < -0.39 is 22.2 Å². The van der Waals surface area contributed by atoms with Gasteiger partial charge in [0.05, 0.1) is 23.2 Å². The van der Waals surface area contributed by atoms with Gasteiger partial charge in [-0.05, 0) is 55.4 Å². The van der Waals surface area contributed by atoms with E-state index in [0.29, 0.717) is 37.5 Å². The second-order valence-corrected chi connectivity index (χ2v) is 11.2. The first-order valence-corrected chi connectivity index (χ1v) is 14.1. The highest BCUT2D eigenvalue weighted by molar-refractivity contribution is 7.89. The number of hydrogen-bond donors (Lipinski definition) is 4. The van der Waals surface area contributed by atoms with Crippen molar-refractivity contribution in [3.05, 3.63) is 60.2 Å². The topological polar surface area (TPSA) is 140 Å². The van der Waals surface area contributed by atoms with Crippen molar-refractivity contribution in [1.29, 1.82) is 0 Å². The van der Waals surface area contributed by atoms with Crippen LogP contribution < -0.4 is 20.5 Å². The molecule has 38 heavy (non-hydrogen) atoms. The molecule has 0 unspecified atom stereocenters. The highest BCUT2D eigenvalue weighted by Gasteiger charge is 2.25. The van der Waals surface area contributed by atoms with Crippen LogP contribution in [0.25, 0.3) is 0 Å². The summed E-state index contributed by atoms with van der Waals surface area (Å²) in [5.74, 6) is 0.424. The minimum atomic E-state index is -3.74. The lowest BCUT2D eigenvalue weighted by Crippen LogP contribution is -2.46. The van der Waals surface area contributed by atoms with Crippen molar-refractivity contribution in [3.63, 3.8) is 0 Å². The Kier molecular flexibility index (Phi) is 15.5. The number of para-hydroxylation sites is 1. The summed E-state index contributed by atoms with van der Waals surface area (Å²) in [5.41, 5.74) is 6.68. The van der Waals surface area contributed by atoms with E-state index >= 15 is 0 Å². The number of benzene rings is 2. The molecule has 9 nitrogen and oxygen atoms in total. The van der Waals surface area contributed by atoms with E-state index in [2.05, 4.69) is 10.0 Å². The zero-order valence-electron chi connectivity index (χ0n) is 22.3. The predicted octanol–water partition coefficient (Wildman–Crippen LogP) is 2.97. The van der Waals surface area contributed by atoms with Crippen LogP contribution in [0.2, 0.25) is 0 Å². The van der Waals surface area contributed by atoms with Gasteiger partial charge in [-0.15, -0.1) is 12.4 Å². The highest BCUT2D eigenvalue weighted by Crippen LogP contribution is 2.21. The van der Waals surface area contributed by atoms with Crippen LogP contribution >= 0.6 is 12.4 Å². The minimum absolute atomic E-state index is 0. The summed E-state index contributed by atoms with van der Waals surface area (Å²) in [6.45, 7) is 5.34. The number of hydrogen-bond acceptors (Lipinski definition) is 7. The zero-order chi connectivity index (χ0) is 27.3. The number of aliphatic hydroxyl groups is 1. The second kappa shape index (κ2) is 17.4. The van der Waals surface area contributed by atoms with Gasteiger partial charge in [0.1, 0.15) is 5.75 Å². The van der Waals surface area contributed by atoms with Crippen LogP contribution in [0.4, 0.5) is 0 Å². The van der Waals surface area contributed by atoms with Gasteiger partial charge in [-0.1, -0.05) is 44.2 Å². The monoisotopic (exact) mass is 571 g/mol. The first-order chi connectivity index (χ1) is 17.7. The van der Waals surface area contributed by atoms with E-state index in [4.69, 9.17) is 15.2 Å². The maximum atomic E-state index is 12.9. The summed E-state index contributed by atoms with van der Waals surface area (Å²) >= 11 is 0. The molecule has 0 spiro atoms. The predicted molar refractivity (Wildman–Crippen MR) is 151 cm³/mol. The van der Waals surface area contributed by atoms with E-state index in [1.54, 1.807) is 43.5 Å². The lowest BCUT2D eigenvalue weighted by Gasteiger charge is -2.27. The fourth-order valence-corrected chi connectivity index (χ4v) is 4.83. The van der Waals surface area contributed by atoms with Crippen molar-refractivity contribution in [3.8, 4) is 5.75 Å². The molecule has 2 rings (SSSR count). The van der Waals surface area contributed by atoms with E-state index in [1.165, 1.54) is 12.1 Å². The average Bonchev–Trinajstić information content (AvgIpc) is 2.89. The molecule has 0 radical (unpaired) electrons. The Hall–Kier alpha value is -2.21. The zero-order valence-corrected chi connectivity index (χ0v) is 24.0. The molecule has 0 saturated heterocycles. The number of methoxy groups -OCH3 is 1. The van der Waals surface area contributed by atoms with Crippen molar-refractivity contribution in [2.24, 2.45) is 17.6 Å². The number of nitrogens with two attached hydrogens (primary N) is 1.